The maximum atomic E-state index is 12.6. The first kappa shape index (κ1) is 19.1. The Morgan fingerprint density at radius 2 is 1.58 bits per heavy atom. The van der Waals surface area contributed by atoms with Gasteiger partial charge in [0.1, 0.15) is 5.75 Å². The van der Waals surface area contributed by atoms with Gasteiger partial charge in [0, 0.05) is 16.2 Å². The molecule has 0 bridgehead atoms. The highest BCUT2D eigenvalue weighted by Gasteiger charge is 2.29. The van der Waals surface area contributed by atoms with Crippen molar-refractivity contribution in [1.82, 2.24) is 0 Å². The van der Waals surface area contributed by atoms with Gasteiger partial charge in [-0.15, -0.1) is 0 Å². The van der Waals surface area contributed by atoms with Crippen molar-refractivity contribution in [2.24, 2.45) is 0 Å². The molecule has 128 valence electrons. The molecular weight excluding hydrogens is 449 g/mol. The smallest absolute Gasteiger partial charge is 0.416 e. The summed E-state index contributed by atoms with van der Waals surface area (Å²) in [6.45, 7) is 0. The van der Waals surface area contributed by atoms with E-state index in [1.54, 1.807) is 13.2 Å². The molecule has 0 radical (unpaired) electrons. The van der Waals surface area contributed by atoms with Gasteiger partial charge in [-0.05, 0) is 41.0 Å². The Kier molecular flexibility index (Phi) is 6.52. The fourth-order valence-electron chi connectivity index (χ4n) is 2.22. The first-order valence-corrected chi connectivity index (χ1v) is 9.30. The van der Waals surface area contributed by atoms with Crippen LogP contribution in [0, 0.1) is 0 Å². The minimum Gasteiger partial charge on any atom is -0.496 e. The van der Waals surface area contributed by atoms with E-state index in [1.165, 1.54) is 12.1 Å². The van der Waals surface area contributed by atoms with Crippen LogP contribution < -0.4 is 4.74 Å². The van der Waals surface area contributed by atoms with E-state index in [0.717, 1.165) is 34.6 Å². The van der Waals surface area contributed by atoms with E-state index in [9.17, 15) is 13.2 Å². The van der Waals surface area contributed by atoms with Gasteiger partial charge in [0.05, 0.1) is 12.7 Å². The molecule has 0 fully saturated rings. The molecular formula is C18H15Br2F3O. The molecule has 0 aliphatic carbocycles. The normalized spacial score (nSPS) is 11.9. The van der Waals surface area contributed by atoms with E-state index in [-0.39, 0.29) is 0 Å². The second-order valence-corrected chi connectivity index (χ2v) is 6.20. The number of methoxy groups -OCH3 is 1. The Morgan fingerprint density at radius 3 is 2.08 bits per heavy atom. The number of ether oxygens (including phenoxy) is 1. The number of alkyl halides is 5. The van der Waals surface area contributed by atoms with Crippen molar-refractivity contribution in [3.63, 3.8) is 0 Å². The highest BCUT2D eigenvalue weighted by molar-refractivity contribution is 9.08. The second-order valence-electron chi connectivity index (χ2n) is 5.08. The molecule has 0 atom stereocenters. The van der Waals surface area contributed by atoms with Gasteiger partial charge < -0.3 is 4.74 Å². The van der Waals surface area contributed by atoms with Crippen molar-refractivity contribution in [2.75, 3.05) is 7.11 Å². The van der Waals surface area contributed by atoms with Crippen LogP contribution >= 0.6 is 31.9 Å². The van der Waals surface area contributed by atoms with Gasteiger partial charge in [0.25, 0.3) is 0 Å². The molecule has 6 heteroatoms. The molecule has 0 aliphatic rings. The van der Waals surface area contributed by atoms with Crippen LogP contribution in [0.4, 0.5) is 13.2 Å². The Labute approximate surface area is 155 Å². The molecule has 0 heterocycles. The predicted octanol–water partition coefficient (Wildman–Crippen LogP) is 6.67. The third kappa shape index (κ3) is 4.63. The standard InChI is InChI=1S/C18H15Br2F3O/c1-24-17-9-14(10-19)13(8-15(17)11-20)5-2-12-3-6-16(7-4-12)18(21,22)23/h2-9H,10-11H2,1H3. The molecule has 0 saturated heterocycles. The molecule has 0 amide bonds. The summed E-state index contributed by atoms with van der Waals surface area (Å²) in [4.78, 5) is 0. The van der Waals surface area contributed by atoms with Crippen molar-refractivity contribution in [3.8, 4) is 5.75 Å². The van der Waals surface area contributed by atoms with Gasteiger partial charge in [-0.25, -0.2) is 0 Å². The molecule has 0 N–H and O–H groups in total. The zero-order valence-electron chi connectivity index (χ0n) is 12.8. The summed E-state index contributed by atoms with van der Waals surface area (Å²) in [7, 11) is 1.62. The third-order valence-corrected chi connectivity index (χ3v) is 4.73. The van der Waals surface area contributed by atoms with Crippen LogP contribution in [0.25, 0.3) is 12.2 Å². The highest BCUT2D eigenvalue weighted by Crippen LogP contribution is 2.30. The Bertz CT molecular complexity index is 722. The van der Waals surface area contributed by atoms with E-state index < -0.39 is 11.7 Å². The number of benzene rings is 2. The Hall–Kier alpha value is -1.27. The minimum atomic E-state index is -4.31. The van der Waals surface area contributed by atoms with Crippen molar-refractivity contribution in [1.29, 1.82) is 0 Å². The van der Waals surface area contributed by atoms with Gasteiger partial charge in [0.2, 0.25) is 0 Å². The Morgan fingerprint density at radius 1 is 0.958 bits per heavy atom. The fourth-order valence-corrected chi connectivity index (χ4v) is 3.14. The molecule has 0 saturated carbocycles. The lowest BCUT2D eigenvalue weighted by molar-refractivity contribution is -0.137. The van der Waals surface area contributed by atoms with Gasteiger partial charge in [-0.3, -0.25) is 0 Å². The van der Waals surface area contributed by atoms with Crippen molar-refractivity contribution < 1.29 is 17.9 Å². The largest absolute Gasteiger partial charge is 0.496 e. The van der Waals surface area contributed by atoms with Crippen molar-refractivity contribution in [2.45, 2.75) is 16.8 Å². The maximum absolute atomic E-state index is 12.6. The van der Waals surface area contributed by atoms with Crippen LogP contribution in [-0.4, -0.2) is 7.11 Å². The maximum Gasteiger partial charge on any atom is 0.416 e. The molecule has 0 spiro atoms. The van der Waals surface area contributed by atoms with Crippen LogP contribution in [-0.2, 0) is 16.8 Å². The molecule has 0 aromatic heterocycles. The van der Waals surface area contributed by atoms with Crippen LogP contribution in [0.15, 0.2) is 36.4 Å². The monoisotopic (exact) mass is 462 g/mol. The molecule has 2 aromatic rings. The van der Waals surface area contributed by atoms with E-state index in [4.69, 9.17) is 4.74 Å². The fraction of sp³-hybridized carbons (Fsp3) is 0.222. The summed E-state index contributed by atoms with van der Waals surface area (Å²) >= 11 is 6.88. The molecule has 0 aliphatic heterocycles. The van der Waals surface area contributed by atoms with Gasteiger partial charge in [-0.1, -0.05) is 56.1 Å². The number of hydrogen-bond acceptors (Lipinski definition) is 1. The third-order valence-electron chi connectivity index (χ3n) is 3.52. The lowest BCUT2D eigenvalue weighted by atomic mass is 10.0. The zero-order valence-corrected chi connectivity index (χ0v) is 16.0. The molecule has 2 rings (SSSR count). The number of rotatable bonds is 5. The number of halogens is 5. The molecule has 0 unspecified atom stereocenters. The van der Waals surface area contributed by atoms with Gasteiger partial charge >= 0.3 is 6.18 Å². The van der Waals surface area contributed by atoms with Crippen molar-refractivity contribution >= 4 is 44.0 Å². The summed E-state index contributed by atoms with van der Waals surface area (Å²) in [5.74, 6) is 0.799. The summed E-state index contributed by atoms with van der Waals surface area (Å²) in [6, 6.07) is 9.05. The molecule has 1 nitrogen and oxygen atoms in total. The first-order chi connectivity index (χ1) is 11.4. The highest BCUT2D eigenvalue weighted by atomic mass is 79.9. The topological polar surface area (TPSA) is 9.23 Å². The van der Waals surface area contributed by atoms with E-state index in [0.29, 0.717) is 16.2 Å². The van der Waals surface area contributed by atoms with E-state index in [2.05, 4.69) is 31.9 Å². The van der Waals surface area contributed by atoms with Crippen LogP contribution in [0.3, 0.4) is 0 Å². The summed E-state index contributed by atoms with van der Waals surface area (Å²) in [5, 5.41) is 1.30. The van der Waals surface area contributed by atoms with Crippen LogP contribution in [0.1, 0.15) is 27.8 Å². The zero-order chi connectivity index (χ0) is 17.7. The minimum absolute atomic E-state index is 0.646. The first-order valence-electron chi connectivity index (χ1n) is 7.06. The molecule has 24 heavy (non-hydrogen) atoms. The SMILES string of the molecule is COc1cc(CBr)c(C=Cc2ccc(C(F)(F)F)cc2)cc1CBr. The lowest BCUT2D eigenvalue weighted by Crippen LogP contribution is -2.03. The average Bonchev–Trinajstić information content (AvgIpc) is 2.58. The molecule has 2 aromatic carbocycles. The van der Waals surface area contributed by atoms with Crippen LogP contribution in [0.2, 0.25) is 0 Å². The lowest BCUT2D eigenvalue weighted by Gasteiger charge is -2.11. The van der Waals surface area contributed by atoms with Crippen molar-refractivity contribution in [3.05, 3.63) is 64.2 Å². The quantitative estimate of drug-likeness (QED) is 0.355. The van der Waals surface area contributed by atoms with Crippen LogP contribution in [0.5, 0.6) is 5.75 Å². The summed E-state index contributed by atoms with van der Waals surface area (Å²) in [5.41, 5.74) is 3.10. The van der Waals surface area contributed by atoms with E-state index in [1.807, 2.05) is 18.2 Å². The van der Waals surface area contributed by atoms with E-state index >= 15 is 0 Å². The average molecular weight is 464 g/mol. The van der Waals surface area contributed by atoms with Gasteiger partial charge in [0.15, 0.2) is 0 Å². The predicted molar refractivity (Wildman–Crippen MR) is 98.6 cm³/mol. The second kappa shape index (κ2) is 8.21. The summed E-state index contributed by atoms with van der Waals surface area (Å²) in [6.07, 6.45) is -0.622. The Balaban J connectivity index is 2.31. The van der Waals surface area contributed by atoms with Gasteiger partial charge in [-0.2, -0.15) is 13.2 Å². The summed E-state index contributed by atoms with van der Waals surface area (Å²) < 4.78 is 43.1. The number of hydrogen-bond donors (Lipinski definition) is 0.